The molecule has 0 aliphatic carbocycles. The fourth-order valence-electron chi connectivity index (χ4n) is 2.36. The minimum absolute atomic E-state index is 0.142. The predicted molar refractivity (Wildman–Crippen MR) is 79.8 cm³/mol. The van der Waals surface area contributed by atoms with Crippen LogP contribution in [0, 0.1) is 11.6 Å². The molecule has 116 valence electrons. The largest absolute Gasteiger partial charge is 0.397 e. The molecule has 0 aromatic heterocycles. The third-order valence-electron chi connectivity index (χ3n) is 3.62. The molecule has 22 heavy (non-hydrogen) atoms. The summed E-state index contributed by atoms with van der Waals surface area (Å²) in [5.74, 6) is -2.17. The molecule has 2 aromatic carbocycles. The maximum atomic E-state index is 13.8. The molecule has 0 unspecified atom stereocenters. The average Bonchev–Trinajstić information content (AvgIpc) is 2.92. The fraction of sp³-hybridized carbons (Fsp3) is 0.250. The summed E-state index contributed by atoms with van der Waals surface area (Å²) in [5, 5.41) is 2.87. The summed E-state index contributed by atoms with van der Waals surface area (Å²) in [6, 6.07) is 8.54. The van der Waals surface area contributed by atoms with Crippen LogP contribution in [0.15, 0.2) is 36.4 Å². The number of ether oxygens (including phenoxy) is 2. The first-order valence-electron chi connectivity index (χ1n) is 6.88. The molecule has 0 amide bonds. The second-order valence-corrected chi connectivity index (χ2v) is 5.19. The van der Waals surface area contributed by atoms with Gasteiger partial charge in [-0.2, -0.15) is 0 Å². The van der Waals surface area contributed by atoms with Crippen LogP contribution >= 0.6 is 0 Å². The monoisotopic (exact) mass is 306 g/mol. The summed E-state index contributed by atoms with van der Waals surface area (Å²) >= 11 is 0. The second kappa shape index (κ2) is 5.55. The Morgan fingerprint density at radius 1 is 1.05 bits per heavy atom. The fourth-order valence-corrected chi connectivity index (χ4v) is 2.36. The zero-order valence-electron chi connectivity index (χ0n) is 12.0. The van der Waals surface area contributed by atoms with Crippen LogP contribution in [0.1, 0.15) is 12.5 Å². The predicted octanol–water partition coefficient (Wildman–Crippen LogP) is 3.51. The van der Waals surface area contributed by atoms with Crippen molar-refractivity contribution >= 4 is 17.1 Å². The minimum atomic E-state index is -0.842. The maximum absolute atomic E-state index is 13.8. The summed E-state index contributed by atoms with van der Waals surface area (Å²) in [7, 11) is 0. The molecule has 1 saturated heterocycles. The topological polar surface area (TPSA) is 56.5 Å². The van der Waals surface area contributed by atoms with Gasteiger partial charge in [-0.05, 0) is 31.2 Å². The van der Waals surface area contributed by atoms with Gasteiger partial charge in [0.15, 0.2) is 5.79 Å². The van der Waals surface area contributed by atoms with Crippen LogP contribution in [0.25, 0.3) is 0 Å². The third kappa shape index (κ3) is 2.75. The van der Waals surface area contributed by atoms with Crippen molar-refractivity contribution in [2.75, 3.05) is 24.3 Å². The Hall–Kier alpha value is -2.18. The number of hydrogen-bond donors (Lipinski definition) is 2. The highest BCUT2D eigenvalue weighted by molar-refractivity contribution is 5.73. The van der Waals surface area contributed by atoms with E-state index in [1.165, 1.54) is 12.1 Å². The first kappa shape index (κ1) is 14.7. The quantitative estimate of drug-likeness (QED) is 0.852. The first-order chi connectivity index (χ1) is 10.5. The molecule has 0 saturated carbocycles. The van der Waals surface area contributed by atoms with E-state index in [9.17, 15) is 8.78 Å². The summed E-state index contributed by atoms with van der Waals surface area (Å²) in [6.07, 6.45) is 0. The normalized spacial score (nSPS) is 16.7. The number of benzene rings is 2. The second-order valence-electron chi connectivity index (χ2n) is 5.19. The highest BCUT2D eigenvalue weighted by Crippen LogP contribution is 2.35. The highest BCUT2D eigenvalue weighted by Gasteiger charge is 2.33. The van der Waals surface area contributed by atoms with Gasteiger partial charge in [-0.25, -0.2) is 8.78 Å². The molecule has 1 aliphatic rings. The molecule has 6 heteroatoms. The summed E-state index contributed by atoms with van der Waals surface area (Å²) < 4.78 is 37.9. The Labute approximate surface area is 126 Å². The van der Waals surface area contributed by atoms with Crippen LogP contribution in [-0.2, 0) is 15.3 Å². The molecule has 2 aromatic rings. The van der Waals surface area contributed by atoms with Crippen molar-refractivity contribution in [3.63, 3.8) is 0 Å². The van der Waals surface area contributed by atoms with E-state index < -0.39 is 17.4 Å². The Kier molecular flexibility index (Phi) is 3.72. The summed E-state index contributed by atoms with van der Waals surface area (Å²) in [5.41, 5.74) is 7.77. The average molecular weight is 306 g/mol. The van der Waals surface area contributed by atoms with Gasteiger partial charge in [-0.1, -0.05) is 6.07 Å². The van der Waals surface area contributed by atoms with Gasteiger partial charge in [-0.15, -0.1) is 0 Å². The lowest BCUT2D eigenvalue weighted by Crippen LogP contribution is -2.22. The van der Waals surface area contributed by atoms with Gasteiger partial charge in [0.1, 0.15) is 11.6 Å². The molecule has 0 spiro atoms. The van der Waals surface area contributed by atoms with Crippen molar-refractivity contribution in [3.8, 4) is 0 Å². The lowest BCUT2D eigenvalue weighted by Gasteiger charge is -2.24. The maximum Gasteiger partial charge on any atom is 0.192 e. The first-order valence-corrected chi connectivity index (χ1v) is 6.88. The van der Waals surface area contributed by atoms with Gasteiger partial charge in [0, 0.05) is 11.6 Å². The van der Waals surface area contributed by atoms with Gasteiger partial charge in [0.05, 0.1) is 30.3 Å². The Bertz CT molecular complexity index is 701. The van der Waals surface area contributed by atoms with Crippen LogP contribution in [0.2, 0.25) is 0 Å². The number of halogens is 2. The molecular weight excluding hydrogens is 290 g/mol. The van der Waals surface area contributed by atoms with Gasteiger partial charge >= 0.3 is 0 Å². The molecule has 0 radical (unpaired) electrons. The van der Waals surface area contributed by atoms with Gasteiger partial charge in [-0.3, -0.25) is 0 Å². The lowest BCUT2D eigenvalue weighted by atomic mass is 10.1. The van der Waals surface area contributed by atoms with Gasteiger partial charge in [0.2, 0.25) is 0 Å². The SMILES string of the molecule is CC1(c2ccc(N)c(Nc3ccc(F)cc3F)c2)OCCO1. The smallest absolute Gasteiger partial charge is 0.192 e. The van der Waals surface area contributed by atoms with E-state index >= 15 is 0 Å². The van der Waals surface area contributed by atoms with Crippen molar-refractivity contribution in [2.45, 2.75) is 12.7 Å². The number of rotatable bonds is 3. The molecule has 0 atom stereocenters. The minimum Gasteiger partial charge on any atom is -0.397 e. The van der Waals surface area contributed by atoms with Crippen molar-refractivity contribution in [2.24, 2.45) is 0 Å². The van der Waals surface area contributed by atoms with Crippen molar-refractivity contribution in [3.05, 3.63) is 53.6 Å². The summed E-state index contributed by atoms with van der Waals surface area (Å²) in [4.78, 5) is 0. The molecular formula is C16H16F2N2O2. The molecule has 3 rings (SSSR count). The zero-order chi connectivity index (χ0) is 15.7. The highest BCUT2D eigenvalue weighted by atomic mass is 19.1. The van der Waals surface area contributed by atoms with E-state index in [1.807, 2.05) is 6.92 Å². The number of nitrogens with one attached hydrogen (secondary N) is 1. The van der Waals surface area contributed by atoms with Crippen molar-refractivity contribution in [1.82, 2.24) is 0 Å². The number of nitrogens with two attached hydrogens (primary N) is 1. The Morgan fingerprint density at radius 3 is 2.45 bits per heavy atom. The van der Waals surface area contributed by atoms with E-state index in [0.717, 1.165) is 11.6 Å². The van der Waals surface area contributed by atoms with E-state index in [-0.39, 0.29) is 5.69 Å². The van der Waals surface area contributed by atoms with E-state index in [4.69, 9.17) is 15.2 Å². The van der Waals surface area contributed by atoms with Crippen molar-refractivity contribution in [1.29, 1.82) is 0 Å². The molecule has 1 fully saturated rings. The molecule has 4 nitrogen and oxygen atoms in total. The standard InChI is InChI=1S/C16H16F2N2O2/c1-16(21-6-7-22-16)10-2-4-13(19)15(8-10)20-14-5-3-11(17)9-12(14)18/h2-5,8-9,20H,6-7,19H2,1H3. The number of hydrogen-bond acceptors (Lipinski definition) is 4. The lowest BCUT2D eigenvalue weighted by molar-refractivity contribution is -0.149. The van der Waals surface area contributed by atoms with Crippen LogP contribution in [0.5, 0.6) is 0 Å². The third-order valence-corrected chi connectivity index (χ3v) is 3.62. The number of anilines is 3. The van der Waals surface area contributed by atoms with Gasteiger partial charge < -0.3 is 20.5 Å². The molecule has 0 bridgehead atoms. The van der Waals surface area contributed by atoms with Crippen LogP contribution < -0.4 is 11.1 Å². The molecule has 3 N–H and O–H groups in total. The van der Waals surface area contributed by atoms with Crippen LogP contribution in [0.4, 0.5) is 25.8 Å². The number of nitrogen functional groups attached to an aromatic ring is 1. The van der Waals surface area contributed by atoms with Crippen LogP contribution in [0.3, 0.4) is 0 Å². The van der Waals surface area contributed by atoms with E-state index in [2.05, 4.69) is 5.32 Å². The van der Waals surface area contributed by atoms with E-state index in [0.29, 0.717) is 24.6 Å². The van der Waals surface area contributed by atoms with Crippen LogP contribution in [-0.4, -0.2) is 13.2 Å². The van der Waals surface area contributed by atoms with Gasteiger partial charge in [0.25, 0.3) is 0 Å². The molecule has 1 aliphatic heterocycles. The van der Waals surface area contributed by atoms with E-state index in [1.54, 1.807) is 18.2 Å². The molecule has 1 heterocycles. The Balaban J connectivity index is 1.93. The summed E-state index contributed by atoms with van der Waals surface area (Å²) in [6.45, 7) is 2.83. The Morgan fingerprint density at radius 2 is 1.77 bits per heavy atom. The van der Waals surface area contributed by atoms with Crippen molar-refractivity contribution < 1.29 is 18.3 Å². The zero-order valence-corrected chi connectivity index (χ0v) is 12.0.